The molecule has 0 bridgehead atoms. The molecule has 0 spiro atoms. The van der Waals surface area contributed by atoms with E-state index in [1.807, 2.05) is 0 Å². The number of carbonyl (C=O) groups is 5. The normalized spacial score (nSPS) is 22.5. The number of hydrogen-bond acceptors (Lipinski definition) is 5. The number of hydrogen-bond donors (Lipinski definition) is 1. The first-order valence-corrected chi connectivity index (χ1v) is 11.1. The van der Waals surface area contributed by atoms with Gasteiger partial charge in [-0.2, -0.15) is 0 Å². The van der Waals surface area contributed by atoms with Crippen molar-refractivity contribution in [3.63, 3.8) is 0 Å². The Balaban J connectivity index is 1.95. The van der Waals surface area contributed by atoms with Crippen LogP contribution >= 0.6 is 0 Å². The van der Waals surface area contributed by atoms with Crippen molar-refractivity contribution in [1.82, 2.24) is 14.7 Å². The molecule has 1 saturated heterocycles. The summed E-state index contributed by atoms with van der Waals surface area (Å²) in [5.74, 6) is -5.31. The lowest BCUT2D eigenvalue weighted by molar-refractivity contribution is -0.162. The minimum absolute atomic E-state index is 0.0585. The van der Waals surface area contributed by atoms with Gasteiger partial charge in [-0.25, -0.2) is 4.79 Å². The quantitative estimate of drug-likeness (QED) is 0.656. The summed E-state index contributed by atoms with van der Waals surface area (Å²) in [6.45, 7) is 1.07. The van der Waals surface area contributed by atoms with Crippen LogP contribution in [0.3, 0.4) is 0 Å². The number of aliphatic carboxylic acids is 1. The highest BCUT2D eigenvalue weighted by Crippen LogP contribution is 2.33. The summed E-state index contributed by atoms with van der Waals surface area (Å²) in [6.07, 6.45) is 8.27. The van der Waals surface area contributed by atoms with E-state index < -0.39 is 42.2 Å². The van der Waals surface area contributed by atoms with Gasteiger partial charge < -0.3 is 10.0 Å². The zero-order valence-corrected chi connectivity index (χ0v) is 17.5. The van der Waals surface area contributed by atoms with Crippen molar-refractivity contribution >= 4 is 29.7 Å². The van der Waals surface area contributed by atoms with Gasteiger partial charge in [0.05, 0.1) is 0 Å². The Labute approximate surface area is 176 Å². The summed E-state index contributed by atoms with van der Waals surface area (Å²) < 4.78 is 0. The molecule has 30 heavy (non-hydrogen) atoms. The minimum Gasteiger partial charge on any atom is -0.480 e. The lowest BCUT2D eigenvalue weighted by Gasteiger charge is -2.45. The lowest BCUT2D eigenvalue weighted by Crippen LogP contribution is -2.67. The number of barbiturate groups is 1. The highest BCUT2D eigenvalue weighted by Gasteiger charge is 2.54. The van der Waals surface area contributed by atoms with Gasteiger partial charge in [0.25, 0.3) is 11.8 Å². The van der Waals surface area contributed by atoms with Crippen molar-refractivity contribution in [2.24, 2.45) is 5.92 Å². The van der Waals surface area contributed by atoms with Crippen molar-refractivity contribution in [1.29, 1.82) is 0 Å². The lowest BCUT2D eigenvalue weighted by atomic mass is 9.89. The highest BCUT2D eigenvalue weighted by atomic mass is 16.4. The van der Waals surface area contributed by atoms with Gasteiger partial charge in [-0.05, 0) is 32.6 Å². The Morgan fingerprint density at radius 2 is 1.30 bits per heavy atom. The van der Waals surface area contributed by atoms with Crippen LogP contribution < -0.4 is 0 Å². The number of carbonyl (C=O) groups excluding carboxylic acids is 4. The maximum absolute atomic E-state index is 13.3. The molecular weight excluding hydrogens is 390 g/mol. The molecule has 3 fully saturated rings. The second-order valence-electron chi connectivity index (χ2n) is 8.46. The van der Waals surface area contributed by atoms with Crippen molar-refractivity contribution in [3.05, 3.63) is 0 Å². The predicted molar refractivity (Wildman–Crippen MR) is 106 cm³/mol. The van der Waals surface area contributed by atoms with Crippen LogP contribution in [0.2, 0.25) is 0 Å². The van der Waals surface area contributed by atoms with E-state index in [0.29, 0.717) is 25.7 Å². The summed E-state index contributed by atoms with van der Waals surface area (Å²) in [6, 6.07) is -1.24. The van der Waals surface area contributed by atoms with Crippen LogP contribution in [0.25, 0.3) is 0 Å². The summed E-state index contributed by atoms with van der Waals surface area (Å²) in [7, 11) is 0. The van der Waals surface area contributed by atoms with Gasteiger partial charge in [0.2, 0.25) is 5.91 Å². The van der Waals surface area contributed by atoms with Gasteiger partial charge in [0.15, 0.2) is 5.92 Å². The first-order valence-electron chi connectivity index (χ1n) is 11.1. The van der Waals surface area contributed by atoms with E-state index in [4.69, 9.17) is 5.11 Å². The highest BCUT2D eigenvalue weighted by molar-refractivity contribution is 6.26. The topological polar surface area (TPSA) is 115 Å². The smallest absolute Gasteiger partial charge is 0.333 e. The molecule has 5 amide bonds. The molecule has 0 aromatic heterocycles. The summed E-state index contributed by atoms with van der Waals surface area (Å²) in [5.41, 5.74) is 0. The monoisotopic (exact) mass is 421 g/mol. The van der Waals surface area contributed by atoms with E-state index in [2.05, 4.69) is 0 Å². The number of imide groups is 2. The molecule has 3 rings (SSSR count). The number of carboxylic acid groups (broad SMARTS) is 1. The number of carboxylic acids is 1. The van der Waals surface area contributed by atoms with Crippen LogP contribution in [0.5, 0.6) is 0 Å². The maximum atomic E-state index is 13.3. The molecule has 0 radical (unpaired) electrons. The van der Waals surface area contributed by atoms with E-state index in [-0.39, 0.29) is 18.6 Å². The zero-order chi connectivity index (χ0) is 21.8. The van der Waals surface area contributed by atoms with Crippen molar-refractivity contribution in [2.75, 3.05) is 13.1 Å². The Morgan fingerprint density at radius 3 is 1.67 bits per heavy atom. The summed E-state index contributed by atoms with van der Waals surface area (Å²) in [4.78, 5) is 67.4. The van der Waals surface area contributed by atoms with Crippen LogP contribution in [0, 0.1) is 5.92 Å². The van der Waals surface area contributed by atoms with Crippen molar-refractivity contribution in [2.45, 2.75) is 83.2 Å². The van der Waals surface area contributed by atoms with Gasteiger partial charge >= 0.3 is 12.0 Å². The van der Waals surface area contributed by atoms with Crippen LogP contribution in [0.4, 0.5) is 4.79 Å². The fourth-order valence-corrected chi connectivity index (χ4v) is 4.94. The van der Waals surface area contributed by atoms with Crippen LogP contribution in [0.15, 0.2) is 0 Å². The number of nitrogens with zero attached hydrogens (tertiary/aromatic N) is 3. The fourth-order valence-electron chi connectivity index (χ4n) is 4.94. The Morgan fingerprint density at radius 1 is 0.867 bits per heavy atom. The molecule has 3 aliphatic rings. The molecule has 1 N–H and O–H groups in total. The number of amides is 5. The first-order chi connectivity index (χ1) is 14.4. The second kappa shape index (κ2) is 9.57. The minimum atomic E-state index is -1.68. The molecule has 2 saturated carbocycles. The van der Waals surface area contributed by atoms with Gasteiger partial charge in [-0.3, -0.25) is 29.0 Å². The SMILES string of the molecule is CCN(CC(=O)O)C(=O)C1C(=O)N(C2CCCCC2)C(=O)N(C2CCCCC2)C1=O. The molecular formula is C21H31N3O6. The third kappa shape index (κ3) is 4.34. The summed E-state index contributed by atoms with van der Waals surface area (Å²) in [5, 5.41) is 9.11. The van der Waals surface area contributed by atoms with Gasteiger partial charge in [-0.15, -0.1) is 0 Å². The van der Waals surface area contributed by atoms with Crippen molar-refractivity contribution < 1.29 is 29.1 Å². The van der Waals surface area contributed by atoms with Gasteiger partial charge in [-0.1, -0.05) is 38.5 Å². The van der Waals surface area contributed by atoms with Gasteiger partial charge in [0, 0.05) is 18.6 Å². The standard InChI is InChI=1S/C21H31N3O6/c1-2-22(13-16(25)26)18(27)17-19(28)23(14-9-5-3-6-10-14)21(30)24(20(17)29)15-11-7-4-8-12-15/h14-15,17H,2-13H2,1H3,(H,25,26). The van der Waals surface area contributed by atoms with E-state index >= 15 is 0 Å². The zero-order valence-electron chi connectivity index (χ0n) is 17.5. The van der Waals surface area contributed by atoms with Gasteiger partial charge in [0.1, 0.15) is 6.54 Å². The molecule has 0 unspecified atom stereocenters. The number of rotatable bonds is 6. The molecule has 0 atom stereocenters. The fraction of sp³-hybridized carbons (Fsp3) is 0.762. The molecule has 9 nitrogen and oxygen atoms in total. The van der Waals surface area contributed by atoms with E-state index in [1.54, 1.807) is 6.92 Å². The molecule has 9 heteroatoms. The van der Waals surface area contributed by atoms with Crippen molar-refractivity contribution in [3.8, 4) is 0 Å². The Bertz CT molecular complexity index is 672. The van der Waals surface area contributed by atoms with E-state index in [9.17, 15) is 24.0 Å². The molecule has 1 aliphatic heterocycles. The Kier molecular flexibility index (Phi) is 7.10. The first kappa shape index (κ1) is 22.2. The third-order valence-electron chi connectivity index (χ3n) is 6.53. The van der Waals surface area contributed by atoms with Crippen LogP contribution in [-0.4, -0.2) is 74.7 Å². The molecule has 0 aromatic rings. The van der Waals surface area contributed by atoms with E-state index in [1.165, 1.54) is 0 Å². The third-order valence-corrected chi connectivity index (χ3v) is 6.53. The predicted octanol–water partition coefficient (Wildman–Crippen LogP) is 1.99. The average Bonchev–Trinajstić information content (AvgIpc) is 2.73. The van der Waals surface area contributed by atoms with Crippen LogP contribution in [-0.2, 0) is 19.2 Å². The second-order valence-corrected chi connectivity index (χ2v) is 8.46. The maximum Gasteiger partial charge on any atom is 0.333 e. The average molecular weight is 421 g/mol. The molecule has 166 valence electrons. The molecule has 2 aliphatic carbocycles. The summed E-state index contributed by atoms with van der Waals surface area (Å²) >= 11 is 0. The Hall–Kier alpha value is -2.45. The molecule has 0 aromatic carbocycles. The largest absolute Gasteiger partial charge is 0.480 e. The number of likely N-dealkylation sites (N-methyl/N-ethyl adjacent to an activating group) is 1. The van der Waals surface area contributed by atoms with Crippen LogP contribution in [0.1, 0.15) is 71.1 Å². The number of urea groups is 1. The van der Waals surface area contributed by atoms with E-state index in [0.717, 1.165) is 53.2 Å². The molecule has 1 heterocycles.